The highest BCUT2D eigenvalue weighted by molar-refractivity contribution is 5.98. The zero-order valence-electron chi connectivity index (χ0n) is 17.3. The van der Waals surface area contributed by atoms with Gasteiger partial charge in [-0.25, -0.2) is 0 Å². The fourth-order valence-electron chi connectivity index (χ4n) is 3.39. The molecule has 7 nitrogen and oxygen atoms in total. The van der Waals surface area contributed by atoms with E-state index in [0.717, 1.165) is 30.8 Å². The zero-order chi connectivity index (χ0) is 21.3. The molecule has 1 aliphatic rings. The van der Waals surface area contributed by atoms with E-state index in [4.69, 9.17) is 0 Å². The average molecular weight is 409 g/mol. The number of anilines is 2. The fourth-order valence-corrected chi connectivity index (χ4v) is 3.39. The van der Waals surface area contributed by atoms with Gasteiger partial charge in [0.05, 0.1) is 6.54 Å². The molecule has 0 saturated carbocycles. The Morgan fingerprint density at radius 3 is 2.43 bits per heavy atom. The van der Waals surface area contributed by atoms with Crippen molar-refractivity contribution >= 4 is 29.1 Å². The molecule has 0 unspecified atom stereocenters. The summed E-state index contributed by atoms with van der Waals surface area (Å²) in [5.74, 6) is -0.419. The summed E-state index contributed by atoms with van der Waals surface area (Å²) in [5.41, 5.74) is 2.39. The van der Waals surface area contributed by atoms with Crippen LogP contribution in [0.25, 0.3) is 0 Å². The Morgan fingerprint density at radius 1 is 1.03 bits per heavy atom. The molecule has 1 heterocycles. The molecule has 3 rings (SSSR count). The Morgan fingerprint density at radius 2 is 1.77 bits per heavy atom. The van der Waals surface area contributed by atoms with Gasteiger partial charge in [0, 0.05) is 50.0 Å². The Labute approximate surface area is 177 Å². The van der Waals surface area contributed by atoms with Gasteiger partial charge in [-0.1, -0.05) is 18.2 Å². The molecule has 1 fully saturated rings. The van der Waals surface area contributed by atoms with Crippen LogP contribution < -0.4 is 20.4 Å². The minimum atomic E-state index is -0.312. The van der Waals surface area contributed by atoms with E-state index in [9.17, 15) is 14.4 Å². The van der Waals surface area contributed by atoms with E-state index >= 15 is 0 Å². The summed E-state index contributed by atoms with van der Waals surface area (Å²) in [5, 5.41) is 5.45. The highest BCUT2D eigenvalue weighted by Crippen LogP contribution is 2.21. The largest absolute Gasteiger partial charge is 0.375 e. The topological polar surface area (TPSA) is 81.8 Å². The summed E-state index contributed by atoms with van der Waals surface area (Å²) in [6, 6.07) is 16.9. The third kappa shape index (κ3) is 5.83. The lowest BCUT2D eigenvalue weighted by Crippen LogP contribution is -2.38. The number of carbonyl (C=O) groups is 3. The normalized spacial score (nSPS) is 13.2. The Hall–Kier alpha value is -3.35. The van der Waals surface area contributed by atoms with Crippen molar-refractivity contribution in [3.05, 3.63) is 60.2 Å². The monoisotopic (exact) mass is 408 g/mol. The minimum absolute atomic E-state index is 0.0697. The molecule has 3 amide bonds. The van der Waals surface area contributed by atoms with E-state index < -0.39 is 0 Å². The molecule has 2 aromatic carbocycles. The molecule has 0 bridgehead atoms. The van der Waals surface area contributed by atoms with Crippen LogP contribution in [0, 0.1) is 0 Å². The molecule has 7 heteroatoms. The first-order chi connectivity index (χ1) is 14.5. The smallest absolute Gasteiger partial charge is 0.251 e. The molecule has 0 aromatic heterocycles. The number of para-hydroxylation sites is 1. The van der Waals surface area contributed by atoms with Crippen LogP contribution in [-0.4, -0.2) is 50.9 Å². The molecule has 0 radical (unpaired) electrons. The Balaban J connectivity index is 1.35. The van der Waals surface area contributed by atoms with Gasteiger partial charge < -0.3 is 20.4 Å². The lowest BCUT2D eigenvalue weighted by molar-refractivity contribution is -0.120. The van der Waals surface area contributed by atoms with E-state index in [1.807, 2.05) is 37.4 Å². The number of rotatable bonds is 9. The molecular weight excluding hydrogens is 380 g/mol. The quantitative estimate of drug-likeness (QED) is 0.623. The van der Waals surface area contributed by atoms with Crippen molar-refractivity contribution in [3.63, 3.8) is 0 Å². The van der Waals surface area contributed by atoms with Gasteiger partial charge in [0.25, 0.3) is 5.91 Å². The fraction of sp³-hybridized carbons (Fsp3) is 0.348. The van der Waals surface area contributed by atoms with Gasteiger partial charge in [0.15, 0.2) is 0 Å². The van der Waals surface area contributed by atoms with E-state index in [1.54, 1.807) is 29.2 Å². The van der Waals surface area contributed by atoms with Crippen molar-refractivity contribution in [2.24, 2.45) is 0 Å². The number of benzene rings is 2. The maximum Gasteiger partial charge on any atom is 0.251 e. The predicted octanol–water partition coefficient (Wildman–Crippen LogP) is 2.19. The van der Waals surface area contributed by atoms with Crippen molar-refractivity contribution < 1.29 is 14.4 Å². The van der Waals surface area contributed by atoms with Crippen LogP contribution >= 0.6 is 0 Å². The Bertz CT molecular complexity index is 868. The van der Waals surface area contributed by atoms with Crippen LogP contribution in [0.2, 0.25) is 0 Å². The molecule has 30 heavy (non-hydrogen) atoms. The lowest BCUT2D eigenvalue weighted by atomic mass is 10.2. The van der Waals surface area contributed by atoms with Crippen molar-refractivity contribution in [1.82, 2.24) is 10.6 Å². The highest BCUT2D eigenvalue weighted by atomic mass is 16.2. The van der Waals surface area contributed by atoms with E-state index in [0.29, 0.717) is 25.1 Å². The van der Waals surface area contributed by atoms with Gasteiger partial charge in [-0.15, -0.1) is 0 Å². The highest BCUT2D eigenvalue weighted by Gasteiger charge is 2.21. The van der Waals surface area contributed by atoms with Gasteiger partial charge >= 0.3 is 0 Å². The average Bonchev–Trinajstić information content (AvgIpc) is 3.21. The van der Waals surface area contributed by atoms with E-state index in [-0.39, 0.29) is 24.3 Å². The SMILES string of the molecule is CN(CCCNC(=O)CNC(=O)c1ccc(N2CCCC2=O)cc1)c1ccccc1. The van der Waals surface area contributed by atoms with Crippen LogP contribution in [0.4, 0.5) is 11.4 Å². The second-order valence-corrected chi connectivity index (χ2v) is 7.34. The molecule has 0 atom stereocenters. The molecule has 2 N–H and O–H groups in total. The third-order valence-electron chi connectivity index (χ3n) is 5.11. The molecule has 158 valence electrons. The van der Waals surface area contributed by atoms with E-state index in [2.05, 4.69) is 15.5 Å². The number of hydrogen-bond donors (Lipinski definition) is 2. The van der Waals surface area contributed by atoms with Crippen molar-refractivity contribution in [2.75, 3.05) is 43.0 Å². The van der Waals surface area contributed by atoms with Gasteiger partial charge in [-0.05, 0) is 49.2 Å². The summed E-state index contributed by atoms with van der Waals surface area (Å²) in [6.45, 7) is 2.01. The summed E-state index contributed by atoms with van der Waals surface area (Å²) >= 11 is 0. The predicted molar refractivity (Wildman–Crippen MR) is 118 cm³/mol. The second kappa shape index (κ2) is 10.4. The number of hydrogen-bond acceptors (Lipinski definition) is 4. The van der Waals surface area contributed by atoms with E-state index in [1.165, 1.54) is 0 Å². The molecule has 1 aliphatic heterocycles. The molecule has 0 spiro atoms. The standard InChI is InChI=1S/C23H28N4O3/c1-26(19-7-3-2-4-8-19)15-6-14-24-21(28)17-25-23(30)18-10-12-20(13-11-18)27-16-5-9-22(27)29/h2-4,7-8,10-13H,5-6,9,14-17H2,1H3,(H,24,28)(H,25,30). The van der Waals surface area contributed by atoms with Gasteiger partial charge in [-0.3, -0.25) is 14.4 Å². The number of carbonyl (C=O) groups excluding carboxylic acids is 3. The first kappa shape index (κ1) is 21.4. The summed E-state index contributed by atoms with van der Waals surface area (Å²) < 4.78 is 0. The maximum absolute atomic E-state index is 12.2. The Kier molecular flexibility index (Phi) is 7.43. The van der Waals surface area contributed by atoms with Crippen molar-refractivity contribution in [3.8, 4) is 0 Å². The van der Waals surface area contributed by atoms with Crippen LogP contribution in [0.15, 0.2) is 54.6 Å². The van der Waals surface area contributed by atoms with Gasteiger partial charge in [0.1, 0.15) is 0 Å². The summed E-state index contributed by atoms with van der Waals surface area (Å²) in [6.07, 6.45) is 2.24. The van der Waals surface area contributed by atoms with Crippen molar-refractivity contribution in [1.29, 1.82) is 0 Å². The molecular formula is C23H28N4O3. The number of nitrogens with one attached hydrogen (secondary N) is 2. The summed E-state index contributed by atoms with van der Waals surface area (Å²) in [4.78, 5) is 39.9. The van der Waals surface area contributed by atoms with Crippen LogP contribution in [0.1, 0.15) is 29.6 Å². The molecule has 0 aliphatic carbocycles. The van der Waals surface area contributed by atoms with Crippen LogP contribution in [-0.2, 0) is 9.59 Å². The summed E-state index contributed by atoms with van der Waals surface area (Å²) in [7, 11) is 2.02. The van der Waals surface area contributed by atoms with Gasteiger partial charge in [-0.2, -0.15) is 0 Å². The minimum Gasteiger partial charge on any atom is -0.375 e. The number of amides is 3. The van der Waals surface area contributed by atoms with Crippen molar-refractivity contribution in [2.45, 2.75) is 19.3 Å². The lowest BCUT2D eigenvalue weighted by Gasteiger charge is -2.19. The maximum atomic E-state index is 12.2. The molecule has 2 aromatic rings. The second-order valence-electron chi connectivity index (χ2n) is 7.34. The zero-order valence-corrected chi connectivity index (χ0v) is 17.3. The number of nitrogens with zero attached hydrogens (tertiary/aromatic N) is 2. The molecule has 1 saturated heterocycles. The first-order valence-corrected chi connectivity index (χ1v) is 10.3. The van der Waals surface area contributed by atoms with Crippen LogP contribution in [0.5, 0.6) is 0 Å². The third-order valence-corrected chi connectivity index (χ3v) is 5.11. The van der Waals surface area contributed by atoms with Crippen LogP contribution in [0.3, 0.4) is 0 Å². The van der Waals surface area contributed by atoms with Gasteiger partial charge in [0.2, 0.25) is 11.8 Å². The first-order valence-electron chi connectivity index (χ1n) is 10.3.